The van der Waals surface area contributed by atoms with Gasteiger partial charge in [-0.2, -0.15) is 0 Å². The monoisotopic (exact) mass is 446 g/mol. The summed E-state index contributed by atoms with van der Waals surface area (Å²) in [6, 6.07) is 16.6. The molecule has 30 heavy (non-hydrogen) atoms. The van der Waals surface area contributed by atoms with Crippen LogP contribution in [0.25, 0.3) is 0 Å². The third-order valence-corrected chi connectivity index (χ3v) is 6.25. The number of anilines is 1. The number of sulfonamides is 1. The summed E-state index contributed by atoms with van der Waals surface area (Å²) in [5.41, 5.74) is 2.62. The molecule has 0 aromatic heterocycles. The molecule has 0 atom stereocenters. The first-order valence-corrected chi connectivity index (χ1v) is 11.0. The van der Waals surface area contributed by atoms with Crippen LogP contribution in [0.15, 0.2) is 71.6 Å². The van der Waals surface area contributed by atoms with Gasteiger partial charge >= 0.3 is 0 Å². The van der Waals surface area contributed by atoms with Crippen molar-refractivity contribution in [1.29, 1.82) is 0 Å². The molecule has 0 fully saturated rings. The van der Waals surface area contributed by atoms with E-state index in [0.29, 0.717) is 13.0 Å². The van der Waals surface area contributed by atoms with Gasteiger partial charge in [-0.25, -0.2) is 12.8 Å². The maximum atomic E-state index is 13.1. The van der Waals surface area contributed by atoms with E-state index in [4.69, 9.17) is 11.6 Å². The fraction of sp³-hybridized carbons (Fsp3) is 0.136. The molecule has 0 aliphatic carbocycles. The van der Waals surface area contributed by atoms with Crippen LogP contribution >= 0.6 is 11.6 Å². The van der Waals surface area contributed by atoms with Crippen molar-refractivity contribution in [2.24, 2.45) is 0 Å². The molecule has 0 spiro atoms. The highest BCUT2D eigenvalue weighted by atomic mass is 35.5. The molecule has 0 heterocycles. The maximum absolute atomic E-state index is 13.1. The highest BCUT2D eigenvalue weighted by Gasteiger charge is 2.17. The van der Waals surface area contributed by atoms with Crippen LogP contribution in [0.2, 0.25) is 5.02 Å². The number of halogens is 2. The van der Waals surface area contributed by atoms with Gasteiger partial charge in [-0.3, -0.25) is 9.52 Å². The summed E-state index contributed by atoms with van der Waals surface area (Å²) in [6.07, 6.45) is 0.677. The predicted octanol–water partition coefficient (Wildman–Crippen LogP) is 4.56. The number of hydrogen-bond donors (Lipinski definition) is 2. The number of amides is 1. The molecule has 0 aliphatic heterocycles. The molecule has 3 aromatic carbocycles. The second kappa shape index (κ2) is 9.28. The van der Waals surface area contributed by atoms with Crippen LogP contribution in [0, 0.1) is 12.7 Å². The van der Waals surface area contributed by atoms with Gasteiger partial charge in [0.05, 0.1) is 15.6 Å². The van der Waals surface area contributed by atoms with Crippen LogP contribution in [0.5, 0.6) is 0 Å². The van der Waals surface area contributed by atoms with E-state index in [2.05, 4.69) is 10.0 Å². The fourth-order valence-electron chi connectivity index (χ4n) is 2.87. The normalized spacial score (nSPS) is 11.2. The molecular weight excluding hydrogens is 427 g/mol. The van der Waals surface area contributed by atoms with Crippen molar-refractivity contribution in [3.8, 4) is 0 Å². The number of hydrogen-bond acceptors (Lipinski definition) is 3. The second-order valence-electron chi connectivity index (χ2n) is 6.69. The van der Waals surface area contributed by atoms with Gasteiger partial charge in [-0.05, 0) is 66.9 Å². The minimum atomic E-state index is -3.99. The van der Waals surface area contributed by atoms with Crippen LogP contribution in [0.1, 0.15) is 21.5 Å². The average molecular weight is 447 g/mol. The minimum absolute atomic E-state index is 0.0625. The molecule has 5 nitrogen and oxygen atoms in total. The van der Waals surface area contributed by atoms with E-state index in [0.717, 1.165) is 35.4 Å². The van der Waals surface area contributed by atoms with Gasteiger partial charge < -0.3 is 5.32 Å². The Hall–Kier alpha value is -2.90. The molecule has 8 heteroatoms. The van der Waals surface area contributed by atoms with E-state index in [1.54, 1.807) is 0 Å². The first kappa shape index (κ1) is 21.8. The first-order chi connectivity index (χ1) is 14.3. The largest absolute Gasteiger partial charge is 0.352 e. The Kier molecular flexibility index (Phi) is 6.74. The Bertz CT molecular complexity index is 1170. The molecule has 0 radical (unpaired) electrons. The molecular formula is C22H20ClFN2O3S. The quantitative estimate of drug-likeness (QED) is 0.558. The zero-order valence-electron chi connectivity index (χ0n) is 16.2. The third-order valence-electron chi connectivity index (χ3n) is 4.54. The first-order valence-electron chi connectivity index (χ1n) is 9.17. The molecule has 156 valence electrons. The molecule has 2 N–H and O–H groups in total. The highest BCUT2D eigenvalue weighted by molar-refractivity contribution is 7.92. The van der Waals surface area contributed by atoms with Gasteiger partial charge in [-0.15, -0.1) is 0 Å². The van der Waals surface area contributed by atoms with Gasteiger partial charge in [0.15, 0.2) is 0 Å². The molecule has 3 rings (SSSR count). The van der Waals surface area contributed by atoms with Crippen molar-refractivity contribution in [3.05, 3.63) is 94.3 Å². The summed E-state index contributed by atoms with van der Waals surface area (Å²) < 4.78 is 40.4. The Morgan fingerprint density at radius 2 is 1.73 bits per heavy atom. The van der Waals surface area contributed by atoms with Crippen LogP contribution < -0.4 is 10.0 Å². The summed E-state index contributed by atoms with van der Waals surface area (Å²) in [5.74, 6) is -0.890. The summed E-state index contributed by atoms with van der Waals surface area (Å²) in [5, 5.41) is 2.96. The summed E-state index contributed by atoms with van der Waals surface area (Å²) in [7, 11) is -3.99. The number of aryl methyl sites for hydroxylation is 1. The van der Waals surface area contributed by atoms with Crippen LogP contribution in [0.3, 0.4) is 0 Å². The van der Waals surface area contributed by atoms with Crippen LogP contribution in [-0.4, -0.2) is 20.9 Å². The highest BCUT2D eigenvalue weighted by Crippen LogP contribution is 2.26. The van der Waals surface area contributed by atoms with E-state index < -0.39 is 15.8 Å². The SMILES string of the molecule is Cc1ccccc1CCNC(=O)c1ccc(Cl)c(NS(=O)(=O)c2ccc(F)cc2)c1. The van der Waals surface area contributed by atoms with Crippen molar-refractivity contribution in [3.63, 3.8) is 0 Å². The third kappa shape index (κ3) is 5.37. The summed E-state index contributed by atoms with van der Waals surface area (Å²) >= 11 is 6.10. The number of carbonyl (C=O) groups is 1. The lowest BCUT2D eigenvalue weighted by atomic mass is 10.1. The maximum Gasteiger partial charge on any atom is 0.261 e. The predicted molar refractivity (Wildman–Crippen MR) is 116 cm³/mol. The van der Waals surface area contributed by atoms with Crippen LogP contribution in [-0.2, 0) is 16.4 Å². The number of rotatable bonds is 7. The molecule has 0 saturated heterocycles. The fourth-order valence-corrected chi connectivity index (χ4v) is 4.16. The van der Waals surface area contributed by atoms with Crippen molar-refractivity contribution in [2.75, 3.05) is 11.3 Å². The Morgan fingerprint density at radius 3 is 2.43 bits per heavy atom. The average Bonchev–Trinajstić information content (AvgIpc) is 2.71. The number of benzene rings is 3. The lowest BCUT2D eigenvalue weighted by Gasteiger charge is -2.12. The molecule has 0 aliphatic rings. The topological polar surface area (TPSA) is 75.3 Å². The Labute approximate surface area is 179 Å². The van der Waals surface area contributed by atoms with E-state index in [1.807, 2.05) is 31.2 Å². The molecule has 1 amide bonds. The van der Waals surface area contributed by atoms with Crippen LogP contribution in [0.4, 0.5) is 10.1 Å². The standard InChI is InChI=1S/C22H20ClFN2O3S/c1-15-4-2-3-5-16(15)12-13-25-22(27)17-6-11-20(23)21(14-17)26-30(28,29)19-9-7-18(24)8-10-19/h2-11,14,26H,12-13H2,1H3,(H,25,27). The van der Waals surface area contributed by atoms with Gasteiger partial charge in [0.2, 0.25) is 0 Å². The molecule has 0 bridgehead atoms. The van der Waals surface area contributed by atoms with E-state index in [1.165, 1.54) is 18.2 Å². The van der Waals surface area contributed by atoms with Gasteiger partial charge in [0, 0.05) is 12.1 Å². The molecule has 0 saturated carbocycles. The van der Waals surface area contributed by atoms with E-state index >= 15 is 0 Å². The lowest BCUT2D eigenvalue weighted by molar-refractivity contribution is 0.0954. The van der Waals surface area contributed by atoms with Crippen molar-refractivity contribution < 1.29 is 17.6 Å². The Morgan fingerprint density at radius 1 is 1.03 bits per heavy atom. The molecule has 0 unspecified atom stereocenters. The minimum Gasteiger partial charge on any atom is -0.352 e. The number of carbonyl (C=O) groups excluding carboxylic acids is 1. The van der Waals surface area contributed by atoms with Gasteiger partial charge in [0.1, 0.15) is 5.82 Å². The van der Waals surface area contributed by atoms with Crippen molar-refractivity contribution in [2.45, 2.75) is 18.2 Å². The smallest absolute Gasteiger partial charge is 0.261 e. The molecule has 3 aromatic rings. The zero-order valence-corrected chi connectivity index (χ0v) is 17.7. The van der Waals surface area contributed by atoms with E-state index in [9.17, 15) is 17.6 Å². The second-order valence-corrected chi connectivity index (χ2v) is 8.78. The lowest BCUT2D eigenvalue weighted by Crippen LogP contribution is -2.26. The van der Waals surface area contributed by atoms with Crippen molar-refractivity contribution >= 4 is 33.2 Å². The van der Waals surface area contributed by atoms with E-state index in [-0.39, 0.29) is 27.1 Å². The van der Waals surface area contributed by atoms with Crippen molar-refractivity contribution in [1.82, 2.24) is 5.32 Å². The Balaban J connectivity index is 1.70. The number of nitrogens with one attached hydrogen (secondary N) is 2. The van der Waals surface area contributed by atoms with Gasteiger partial charge in [0.25, 0.3) is 15.9 Å². The summed E-state index contributed by atoms with van der Waals surface area (Å²) in [6.45, 7) is 2.44. The summed E-state index contributed by atoms with van der Waals surface area (Å²) in [4.78, 5) is 12.4. The van der Waals surface area contributed by atoms with Gasteiger partial charge in [-0.1, -0.05) is 35.9 Å². The zero-order chi connectivity index (χ0) is 21.7.